The van der Waals surface area contributed by atoms with E-state index in [9.17, 15) is 0 Å². The molecule has 2 saturated carbocycles. The average molecular weight is 176 g/mol. The second-order valence-corrected chi connectivity index (χ2v) is 4.22. The Hall–Kier alpha value is 0.250. The predicted octanol–water partition coefficient (Wildman–Crippen LogP) is 2.48. The van der Waals surface area contributed by atoms with Crippen molar-refractivity contribution in [2.24, 2.45) is 11.7 Å². The summed E-state index contributed by atoms with van der Waals surface area (Å²) in [6.45, 7) is 0. The van der Waals surface area contributed by atoms with Crippen molar-refractivity contribution in [1.29, 1.82) is 0 Å². The summed E-state index contributed by atoms with van der Waals surface area (Å²) in [6, 6.07) is 0. The first-order valence-electron chi connectivity index (χ1n) is 4.57. The van der Waals surface area contributed by atoms with Crippen molar-refractivity contribution in [3.05, 3.63) is 0 Å². The molecule has 0 unspecified atom stereocenters. The van der Waals surface area contributed by atoms with E-state index in [1.807, 2.05) is 0 Å². The molecule has 0 aromatic carbocycles. The lowest BCUT2D eigenvalue weighted by molar-refractivity contribution is 0.155. The Labute approximate surface area is 75.1 Å². The number of halogens is 1. The number of hydrogen-bond donors (Lipinski definition) is 1. The third-order valence-corrected chi connectivity index (χ3v) is 3.27. The van der Waals surface area contributed by atoms with Gasteiger partial charge in [0.2, 0.25) is 0 Å². The van der Waals surface area contributed by atoms with Crippen molar-refractivity contribution < 1.29 is 0 Å². The molecule has 0 spiro atoms. The van der Waals surface area contributed by atoms with E-state index in [0.29, 0.717) is 0 Å². The average Bonchev–Trinajstić information content (AvgIpc) is 1.86. The van der Waals surface area contributed by atoms with E-state index in [1.165, 1.54) is 44.9 Å². The molecule has 2 aliphatic rings. The van der Waals surface area contributed by atoms with Crippen molar-refractivity contribution in [2.75, 3.05) is 0 Å². The third kappa shape index (κ3) is 1.88. The monoisotopic (exact) mass is 175 g/mol. The van der Waals surface area contributed by atoms with Crippen molar-refractivity contribution in [2.45, 2.75) is 50.5 Å². The van der Waals surface area contributed by atoms with Crippen LogP contribution in [0.4, 0.5) is 0 Å². The van der Waals surface area contributed by atoms with Crippen LogP contribution in [0.15, 0.2) is 0 Å². The minimum Gasteiger partial charge on any atom is -0.325 e. The highest BCUT2D eigenvalue weighted by molar-refractivity contribution is 5.85. The molecule has 1 nitrogen and oxygen atoms in total. The van der Waals surface area contributed by atoms with E-state index in [4.69, 9.17) is 5.73 Å². The summed E-state index contributed by atoms with van der Waals surface area (Å²) in [6.07, 6.45) is 9.61. The summed E-state index contributed by atoms with van der Waals surface area (Å²) in [4.78, 5) is 0. The maximum Gasteiger partial charge on any atom is 0.0157 e. The van der Waals surface area contributed by atoms with E-state index in [1.54, 1.807) is 0 Å². The quantitative estimate of drug-likeness (QED) is 0.602. The van der Waals surface area contributed by atoms with E-state index in [2.05, 4.69) is 0 Å². The Morgan fingerprint density at radius 3 is 2.00 bits per heavy atom. The minimum absolute atomic E-state index is 0. The summed E-state index contributed by atoms with van der Waals surface area (Å²) in [7, 11) is 0. The highest BCUT2D eigenvalue weighted by Gasteiger charge is 2.35. The molecule has 11 heavy (non-hydrogen) atoms. The van der Waals surface area contributed by atoms with Gasteiger partial charge in [-0.25, -0.2) is 0 Å². The summed E-state index contributed by atoms with van der Waals surface area (Å²) in [5.41, 5.74) is 6.48. The molecule has 66 valence electrons. The van der Waals surface area contributed by atoms with Gasteiger partial charge in [-0.05, 0) is 25.2 Å². The van der Waals surface area contributed by atoms with Gasteiger partial charge < -0.3 is 5.73 Å². The van der Waals surface area contributed by atoms with Gasteiger partial charge in [-0.2, -0.15) is 0 Å². The molecule has 0 radical (unpaired) electrons. The Kier molecular flexibility index (Phi) is 2.82. The van der Waals surface area contributed by atoms with Crippen LogP contribution in [0.25, 0.3) is 0 Å². The minimum atomic E-state index is 0. The van der Waals surface area contributed by atoms with E-state index >= 15 is 0 Å². The number of rotatable bonds is 0. The molecule has 0 atom stereocenters. The van der Waals surface area contributed by atoms with Crippen molar-refractivity contribution in [3.8, 4) is 0 Å². The molecule has 0 aliphatic heterocycles. The van der Waals surface area contributed by atoms with Crippen LogP contribution in [-0.2, 0) is 0 Å². The normalized spacial score (nSPS) is 42.8. The fourth-order valence-electron chi connectivity index (χ4n) is 2.74. The van der Waals surface area contributed by atoms with Gasteiger partial charge in [-0.15, -0.1) is 12.4 Å². The SMILES string of the molecule is Cl.NC12CCCC(CCC1)C2. The van der Waals surface area contributed by atoms with Crippen molar-refractivity contribution in [1.82, 2.24) is 0 Å². The largest absolute Gasteiger partial charge is 0.325 e. The molecule has 0 aromatic heterocycles. The van der Waals surface area contributed by atoms with E-state index < -0.39 is 0 Å². The Morgan fingerprint density at radius 1 is 1.09 bits per heavy atom. The fraction of sp³-hybridized carbons (Fsp3) is 1.00. The zero-order chi connectivity index (χ0) is 7.03. The number of fused-ring (bicyclic) bond motifs is 2. The summed E-state index contributed by atoms with van der Waals surface area (Å²) < 4.78 is 0. The van der Waals surface area contributed by atoms with E-state index in [-0.39, 0.29) is 17.9 Å². The zero-order valence-corrected chi connectivity index (χ0v) is 7.83. The maximum atomic E-state index is 6.20. The van der Waals surface area contributed by atoms with Crippen LogP contribution in [0.2, 0.25) is 0 Å². The van der Waals surface area contributed by atoms with Gasteiger partial charge in [0.1, 0.15) is 0 Å². The Balaban J connectivity index is 0.000000605. The van der Waals surface area contributed by atoms with Gasteiger partial charge in [-0.1, -0.05) is 25.7 Å². The Morgan fingerprint density at radius 2 is 1.64 bits per heavy atom. The van der Waals surface area contributed by atoms with Gasteiger partial charge in [0, 0.05) is 5.54 Å². The molecule has 2 aliphatic carbocycles. The van der Waals surface area contributed by atoms with Gasteiger partial charge >= 0.3 is 0 Å². The maximum absolute atomic E-state index is 6.20. The number of hydrogen-bond acceptors (Lipinski definition) is 1. The first-order valence-corrected chi connectivity index (χ1v) is 4.57. The fourth-order valence-corrected chi connectivity index (χ4v) is 2.74. The first-order chi connectivity index (χ1) is 4.79. The molecular formula is C9H18ClN. The molecule has 2 rings (SSSR count). The first kappa shape index (κ1) is 9.34. The van der Waals surface area contributed by atoms with Crippen LogP contribution < -0.4 is 5.73 Å². The van der Waals surface area contributed by atoms with E-state index in [0.717, 1.165) is 5.92 Å². The van der Waals surface area contributed by atoms with Crippen LogP contribution in [0, 0.1) is 5.92 Å². The van der Waals surface area contributed by atoms with Gasteiger partial charge in [-0.3, -0.25) is 0 Å². The summed E-state index contributed by atoms with van der Waals surface area (Å²) >= 11 is 0. The molecule has 2 heteroatoms. The van der Waals surface area contributed by atoms with Gasteiger partial charge in [0.05, 0.1) is 0 Å². The molecule has 0 saturated heterocycles. The topological polar surface area (TPSA) is 26.0 Å². The summed E-state index contributed by atoms with van der Waals surface area (Å²) in [5.74, 6) is 0.993. The van der Waals surface area contributed by atoms with Crippen LogP contribution >= 0.6 is 12.4 Å². The molecule has 0 heterocycles. The molecule has 2 bridgehead atoms. The van der Waals surface area contributed by atoms with Crippen LogP contribution in [0.3, 0.4) is 0 Å². The standard InChI is InChI=1S/C9H17N.ClH/c10-9-5-1-3-8(7-9)4-2-6-9;/h8H,1-7,10H2;1H. The smallest absolute Gasteiger partial charge is 0.0157 e. The lowest BCUT2D eigenvalue weighted by Crippen LogP contribution is -2.46. The van der Waals surface area contributed by atoms with Gasteiger partial charge in [0.25, 0.3) is 0 Å². The van der Waals surface area contributed by atoms with Crippen LogP contribution in [0.5, 0.6) is 0 Å². The second kappa shape index (κ2) is 3.32. The Bertz CT molecular complexity index is 126. The highest BCUT2D eigenvalue weighted by atomic mass is 35.5. The van der Waals surface area contributed by atoms with Gasteiger partial charge in [0.15, 0.2) is 0 Å². The predicted molar refractivity (Wildman–Crippen MR) is 50.0 cm³/mol. The number of nitrogens with two attached hydrogens (primary N) is 1. The lowest BCUT2D eigenvalue weighted by Gasteiger charge is -2.42. The molecular weight excluding hydrogens is 158 g/mol. The molecule has 2 N–H and O–H groups in total. The third-order valence-electron chi connectivity index (χ3n) is 3.27. The van der Waals surface area contributed by atoms with Crippen LogP contribution in [0.1, 0.15) is 44.9 Å². The second-order valence-electron chi connectivity index (χ2n) is 4.22. The summed E-state index contributed by atoms with van der Waals surface area (Å²) in [5, 5.41) is 0. The van der Waals surface area contributed by atoms with Crippen molar-refractivity contribution in [3.63, 3.8) is 0 Å². The lowest BCUT2D eigenvalue weighted by atomic mass is 9.68. The van der Waals surface area contributed by atoms with Crippen molar-refractivity contribution >= 4 is 12.4 Å². The highest BCUT2D eigenvalue weighted by Crippen LogP contribution is 2.40. The van der Waals surface area contributed by atoms with Crippen LogP contribution in [-0.4, -0.2) is 5.54 Å². The molecule has 0 aromatic rings. The molecule has 0 amide bonds. The zero-order valence-electron chi connectivity index (χ0n) is 7.01. The molecule has 2 fully saturated rings.